The van der Waals surface area contributed by atoms with Gasteiger partial charge in [0.05, 0.1) is 22.7 Å². The van der Waals surface area contributed by atoms with Crippen LogP contribution in [0.1, 0.15) is 16.8 Å². The van der Waals surface area contributed by atoms with Crippen molar-refractivity contribution in [1.82, 2.24) is 9.55 Å². The van der Waals surface area contributed by atoms with Crippen molar-refractivity contribution < 1.29 is 4.57 Å². The highest BCUT2D eigenvalue weighted by Gasteiger charge is 2.22. The first-order chi connectivity index (χ1) is 14.6. The van der Waals surface area contributed by atoms with E-state index in [9.17, 15) is 5.26 Å². The number of benzene rings is 3. The number of aromatic nitrogens is 3. The Morgan fingerprint density at radius 2 is 1.67 bits per heavy atom. The molecule has 144 valence electrons. The zero-order valence-corrected chi connectivity index (χ0v) is 17.2. The fourth-order valence-corrected chi connectivity index (χ4v) is 4.19. The molecular formula is C26H21N4+. The maximum atomic E-state index is 9.73. The second kappa shape index (κ2) is 6.82. The summed E-state index contributed by atoms with van der Waals surface area (Å²) in [6.07, 6.45) is 2.15. The molecule has 0 aliphatic carbocycles. The van der Waals surface area contributed by atoms with Crippen molar-refractivity contribution in [3.63, 3.8) is 0 Å². The Kier molecular flexibility index (Phi) is 4.11. The van der Waals surface area contributed by atoms with Crippen LogP contribution in [0.4, 0.5) is 0 Å². The Balaban J connectivity index is 1.80. The molecule has 0 radical (unpaired) electrons. The van der Waals surface area contributed by atoms with Crippen LogP contribution in [0.5, 0.6) is 0 Å². The molecule has 0 bridgehead atoms. The minimum absolute atomic E-state index is 0.623. The standard InChI is InChI=1S/C26H21N4/c1-17-12-20-8-4-5-9-21(20)16-30(17)25-14-19(15-27)13-22(18(25)2)26-28-23-10-6-7-11-24(23)29(26)3/h4-14,16H,1-3H3/q+1. The molecule has 0 aliphatic heterocycles. The van der Waals surface area contributed by atoms with E-state index >= 15 is 0 Å². The maximum absolute atomic E-state index is 9.73. The lowest BCUT2D eigenvalue weighted by Gasteiger charge is -2.11. The summed E-state index contributed by atoms with van der Waals surface area (Å²) in [7, 11) is 2.03. The molecule has 0 N–H and O–H groups in total. The summed E-state index contributed by atoms with van der Waals surface area (Å²) in [4.78, 5) is 4.87. The minimum Gasteiger partial charge on any atom is -0.327 e. The zero-order chi connectivity index (χ0) is 20.8. The summed E-state index contributed by atoms with van der Waals surface area (Å²) in [6.45, 7) is 4.20. The van der Waals surface area contributed by atoms with Crippen molar-refractivity contribution in [3.8, 4) is 23.1 Å². The minimum atomic E-state index is 0.623. The number of para-hydroxylation sites is 2. The molecule has 2 aromatic heterocycles. The molecular weight excluding hydrogens is 368 g/mol. The molecule has 3 aromatic carbocycles. The highest BCUT2D eigenvalue weighted by atomic mass is 15.1. The van der Waals surface area contributed by atoms with Crippen molar-refractivity contribution in [2.45, 2.75) is 13.8 Å². The molecule has 5 rings (SSSR count). The van der Waals surface area contributed by atoms with Crippen LogP contribution in [-0.2, 0) is 7.05 Å². The molecule has 0 saturated carbocycles. The van der Waals surface area contributed by atoms with Crippen LogP contribution in [0.25, 0.3) is 38.9 Å². The monoisotopic (exact) mass is 389 g/mol. The van der Waals surface area contributed by atoms with Gasteiger partial charge in [0, 0.05) is 42.6 Å². The van der Waals surface area contributed by atoms with E-state index in [0.717, 1.165) is 44.8 Å². The quantitative estimate of drug-likeness (QED) is 0.392. The van der Waals surface area contributed by atoms with E-state index in [1.807, 2.05) is 43.4 Å². The summed E-state index contributed by atoms with van der Waals surface area (Å²) >= 11 is 0. The van der Waals surface area contributed by atoms with Gasteiger partial charge in [0.15, 0.2) is 11.9 Å². The van der Waals surface area contributed by atoms with Crippen molar-refractivity contribution in [2.24, 2.45) is 7.05 Å². The largest absolute Gasteiger partial charge is 0.327 e. The van der Waals surface area contributed by atoms with Crippen LogP contribution in [0.2, 0.25) is 0 Å². The smallest absolute Gasteiger partial charge is 0.215 e. The van der Waals surface area contributed by atoms with Crippen LogP contribution >= 0.6 is 0 Å². The molecule has 4 nitrogen and oxygen atoms in total. The third-order valence-corrected chi connectivity index (χ3v) is 5.81. The number of aryl methyl sites for hydroxylation is 2. The fourth-order valence-electron chi connectivity index (χ4n) is 4.19. The predicted molar refractivity (Wildman–Crippen MR) is 119 cm³/mol. The van der Waals surface area contributed by atoms with Gasteiger partial charge >= 0.3 is 0 Å². The van der Waals surface area contributed by atoms with Gasteiger partial charge in [-0.25, -0.2) is 4.98 Å². The number of rotatable bonds is 2. The number of nitrogens with zero attached hydrogens (tertiary/aromatic N) is 4. The maximum Gasteiger partial charge on any atom is 0.215 e. The Morgan fingerprint density at radius 3 is 2.43 bits per heavy atom. The van der Waals surface area contributed by atoms with E-state index in [0.29, 0.717) is 5.56 Å². The van der Waals surface area contributed by atoms with Gasteiger partial charge in [-0.15, -0.1) is 0 Å². The van der Waals surface area contributed by atoms with E-state index in [4.69, 9.17) is 4.98 Å². The first kappa shape index (κ1) is 18.1. The number of pyridine rings is 1. The summed E-state index contributed by atoms with van der Waals surface area (Å²) in [5, 5.41) is 12.1. The molecule has 0 fully saturated rings. The van der Waals surface area contributed by atoms with Crippen LogP contribution < -0.4 is 4.57 Å². The van der Waals surface area contributed by atoms with E-state index in [2.05, 4.69) is 65.6 Å². The summed E-state index contributed by atoms with van der Waals surface area (Å²) < 4.78 is 4.27. The van der Waals surface area contributed by atoms with Crippen molar-refractivity contribution in [3.05, 3.63) is 89.7 Å². The van der Waals surface area contributed by atoms with Gasteiger partial charge in [0.1, 0.15) is 5.82 Å². The summed E-state index contributed by atoms with van der Waals surface area (Å²) in [5.41, 5.74) is 6.83. The number of imidazole rings is 1. The molecule has 4 heteroatoms. The third kappa shape index (κ3) is 2.75. The van der Waals surface area contributed by atoms with Crippen LogP contribution in [0.15, 0.2) is 72.9 Å². The first-order valence-electron chi connectivity index (χ1n) is 9.95. The van der Waals surface area contributed by atoms with Gasteiger partial charge in [0.2, 0.25) is 5.69 Å². The molecule has 5 aromatic rings. The molecule has 0 aliphatic rings. The summed E-state index contributed by atoms with van der Waals surface area (Å²) in [5.74, 6) is 0.867. The van der Waals surface area contributed by atoms with Gasteiger partial charge in [-0.2, -0.15) is 9.83 Å². The molecule has 0 spiro atoms. The van der Waals surface area contributed by atoms with Crippen molar-refractivity contribution in [1.29, 1.82) is 5.26 Å². The Morgan fingerprint density at radius 1 is 0.933 bits per heavy atom. The van der Waals surface area contributed by atoms with Crippen molar-refractivity contribution >= 4 is 21.8 Å². The lowest BCUT2D eigenvalue weighted by atomic mass is 10.0. The Labute approximate surface area is 175 Å². The van der Waals surface area contributed by atoms with Gasteiger partial charge < -0.3 is 4.57 Å². The summed E-state index contributed by atoms with van der Waals surface area (Å²) in [6, 6.07) is 24.9. The lowest BCUT2D eigenvalue weighted by Crippen LogP contribution is -2.35. The van der Waals surface area contributed by atoms with Crippen LogP contribution in [-0.4, -0.2) is 9.55 Å². The van der Waals surface area contributed by atoms with Crippen molar-refractivity contribution in [2.75, 3.05) is 0 Å². The van der Waals surface area contributed by atoms with Gasteiger partial charge in [-0.1, -0.05) is 30.3 Å². The number of nitriles is 1. The SMILES string of the molecule is Cc1c(-c2nc3ccccc3n2C)cc(C#N)cc1-[n+]1cc2ccccc2cc1C. The Bertz CT molecular complexity index is 1490. The molecule has 30 heavy (non-hydrogen) atoms. The lowest BCUT2D eigenvalue weighted by molar-refractivity contribution is -0.601. The molecule has 0 unspecified atom stereocenters. The van der Waals surface area contributed by atoms with E-state index in [1.54, 1.807) is 0 Å². The third-order valence-electron chi connectivity index (χ3n) is 5.81. The molecule has 2 heterocycles. The normalized spacial score (nSPS) is 11.1. The average molecular weight is 389 g/mol. The van der Waals surface area contributed by atoms with Crippen LogP contribution in [0, 0.1) is 25.2 Å². The highest BCUT2D eigenvalue weighted by Crippen LogP contribution is 2.30. The Hall–Kier alpha value is -3.97. The van der Waals surface area contributed by atoms with Gasteiger partial charge in [0.25, 0.3) is 0 Å². The van der Waals surface area contributed by atoms with E-state index in [1.165, 1.54) is 5.39 Å². The molecule has 0 amide bonds. The average Bonchev–Trinajstić information content (AvgIpc) is 3.10. The highest BCUT2D eigenvalue weighted by molar-refractivity contribution is 5.83. The number of fused-ring (bicyclic) bond motifs is 2. The molecule has 0 atom stereocenters. The van der Waals surface area contributed by atoms with Gasteiger partial charge in [-0.05, 0) is 36.6 Å². The molecule has 0 saturated heterocycles. The second-order valence-corrected chi connectivity index (χ2v) is 7.68. The van der Waals surface area contributed by atoms with E-state index in [-0.39, 0.29) is 0 Å². The first-order valence-corrected chi connectivity index (χ1v) is 9.95. The van der Waals surface area contributed by atoms with E-state index < -0.39 is 0 Å². The second-order valence-electron chi connectivity index (χ2n) is 7.68. The predicted octanol–water partition coefficient (Wildman–Crippen LogP) is 5.16. The number of hydrogen-bond donors (Lipinski definition) is 0. The van der Waals surface area contributed by atoms with Gasteiger partial charge in [-0.3, -0.25) is 0 Å². The fraction of sp³-hybridized carbons (Fsp3) is 0.115. The van der Waals surface area contributed by atoms with Crippen LogP contribution in [0.3, 0.4) is 0 Å². The number of hydrogen-bond acceptors (Lipinski definition) is 2. The zero-order valence-electron chi connectivity index (χ0n) is 17.2. The topological polar surface area (TPSA) is 45.5 Å².